The molecule has 0 aliphatic heterocycles. The van der Waals surface area contributed by atoms with Crippen LogP contribution in [0, 0.1) is 5.82 Å². The van der Waals surface area contributed by atoms with Crippen molar-refractivity contribution in [3.63, 3.8) is 0 Å². The number of H-pyrrole nitrogens is 1. The molecule has 3 aromatic rings. The van der Waals surface area contributed by atoms with Crippen LogP contribution >= 0.6 is 11.6 Å². The molecule has 0 aliphatic rings. The van der Waals surface area contributed by atoms with Gasteiger partial charge >= 0.3 is 0 Å². The van der Waals surface area contributed by atoms with Crippen molar-refractivity contribution < 1.29 is 18.8 Å². The molecule has 1 aromatic heterocycles. The summed E-state index contributed by atoms with van der Waals surface area (Å²) in [6, 6.07) is 9.73. The van der Waals surface area contributed by atoms with Gasteiger partial charge in [0.05, 0.1) is 16.9 Å². The first-order valence-corrected chi connectivity index (χ1v) is 8.70. The molecule has 0 fully saturated rings. The van der Waals surface area contributed by atoms with E-state index < -0.39 is 23.5 Å². The minimum Gasteiger partial charge on any atom is -0.354 e. The summed E-state index contributed by atoms with van der Waals surface area (Å²) in [5.41, 5.74) is 1.00. The number of hydrogen-bond acceptors (Lipinski definition) is 4. The zero-order valence-electron chi connectivity index (χ0n) is 15.0. The number of hydrogen-bond donors (Lipinski definition) is 4. The Morgan fingerprint density at radius 1 is 0.966 bits per heavy atom. The van der Waals surface area contributed by atoms with Crippen molar-refractivity contribution in [2.24, 2.45) is 0 Å². The van der Waals surface area contributed by atoms with E-state index in [1.165, 1.54) is 19.4 Å². The molecule has 1 heterocycles. The van der Waals surface area contributed by atoms with Gasteiger partial charge in [-0.1, -0.05) is 11.6 Å². The Bertz CT molecular complexity index is 1080. The summed E-state index contributed by atoms with van der Waals surface area (Å²) in [6.07, 6.45) is 1.25. The van der Waals surface area contributed by atoms with E-state index in [2.05, 4.69) is 25.9 Å². The van der Waals surface area contributed by atoms with E-state index in [0.29, 0.717) is 11.4 Å². The van der Waals surface area contributed by atoms with Crippen LogP contribution in [0.1, 0.15) is 31.3 Å². The van der Waals surface area contributed by atoms with Gasteiger partial charge in [0.1, 0.15) is 11.5 Å². The molecule has 0 unspecified atom stereocenters. The number of carbonyl (C=O) groups is 3. The van der Waals surface area contributed by atoms with Crippen molar-refractivity contribution in [1.29, 1.82) is 0 Å². The molecule has 0 saturated heterocycles. The summed E-state index contributed by atoms with van der Waals surface area (Å²) in [6.45, 7) is 0. The Balaban J connectivity index is 1.67. The lowest BCUT2D eigenvalue weighted by Gasteiger charge is -2.09. The standard InChI is InChI=1S/C19H15ClFN5O3/c1-22-18(28)15-16(24-9-23-15)19(29)26-12-5-3-11(4-6-12)25-17(27)13-7-2-10(21)8-14(13)20/h2-9H,1H3,(H,22,28)(H,23,24)(H,25,27)(H,26,29). The van der Waals surface area contributed by atoms with E-state index in [0.717, 1.165) is 12.1 Å². The largest absolute Gasteiger partial charge is 0.354 e. The molecule has 0 atom stereocenters. The maximum Gasteiger partial charge on any atom is 0.276 e. The van der Waals surface area contributed by atoms with Crippen LogP contribution in [0.15, 0.2) is 48.8 Å². The Labute approximate surface area is 169 Å². The van der Waals surface area contributed by atoms with E-state index in [1.807, 2.05) is 0 Å². The minimum absolute atomic E-state index is 0.00249. The van der Waals surface area contributed by atoms with Crippen LogP contribution in [0.4, 0.5) is 15.8 Å². The summed E-state index contributed by atoms with van der Waals surface area (Å²) < 4.78 is 13.1. The average molecular weight is 416 g/mol. The third-order valence-electron chi connectivity index (χ3n) is 3.88. The van der Waals surface area contributed by atoms with E-state index in [1.54, 1.807) is 24.3 Å². The fraction of sp³-hybridized carbons (Fsp3) is 0.0526. The molecule has 29 heavy (non-hydrogen) atoms. The van der Waals surface area contributed by atoms with E-state index >= 15 is 0 Å². The highest BCUT2D eigenvalue weighted by Crippen LogP contribution is 2.20. The molecule has 0 radical (unpaired) electrons. The smallest absolute Gasteiger partial charge is 0.276 e. The van der Waals surface area contributed by atoms with E-state index in [9.17, 15) is 18.8 Å². The lowest BCUT2D eigenvalue weighted by Crippen LogP contribution is -2.23. The van der Waals surface area contributed by atoms with Crippen LogP contribution in [0.2, 0.25) is 5.02 Å². The number of benzene rings is 2. The predicted octanol–water partition coefficient (Wildman–Crippen LogP) is 3.07. The maximum absolute atomic E-state index is 13.1. The second-order valence-corrected chi connectivity index (χ2v) is 6.22. The van der Waals surface area contributed by atoms with Gasteiger partial charge < -0.3 is 20.9 Å². The number of nitrogens with one attached hydrogen (secondary N) is 4. The maximum atomic E-state index is 13.1. The fourth-order valence-electron chi connectivity index (χ4n) is 2.46. The third-order valence-corrected chi connectivity index (χ3v) is 4.20. The van der Waals surface area contributed by atoms with Crippen molar-refractivity contribution in [2.75, 3.05) is 17.7 Å². The second-order valence-electron chi connectivity index (χ2n) is 5.82. The highest BCUT2D eigenvalue weighted by molar-refractivity contribution is 6.34. The lowest BCUT2D eigenvalue weighted by molar-refractivity contribution is 0.0943. The monoisotopic (exact) mass is 415 g/mol. The van der Waals surface area contributed by atoms with Gasteiger partial charge in [0, 0.05) is 18.4 Å². The first-order chi connectivity index (χ1) is 13.9. The molecule has 0 spiro atoms. The number of halogens is 2. The summed E-state index contributed by atoms with van der Waals surface area (Å²) >= 11 is 5.88. The van der Waals surface area contributed by atoms with Gasteiger partial charge in [0.25, 0.3) is 17.7 Å². The molecule has 2 aromatic carbocycles. The zero-order valence-corrected chi connectivity index (χ0v) is 15.8. The van der Waals surface area contributed by atoms with Crippen LogP contribution in [-0.2, 0) is 0 Å². The van der Waals surface area contributed by atoms with E-state index in [4.69, 9.17) is 11.6 Å². The molecule has 10 heteroatoms. The average Bonchev–Trinajstić information content (AvgIpc) is 3.19. The number of aromatic amines is 1. The summed E-state index contributed by atoms with van der Waals surface area (Å²) in [5.74, 6) is -2.08. The van der Waals surface area contributed by atoms with Crippen molar-refractivity contribution in [1.82, 2.24) is 15.3 Å². The molecule has 3 rings (SSSR count). The zero-order chi connectivity index (χ0) is 21.0. The van der Waals surface area contributed by atoms with Crippen LogP contribution in [0.25, 0.3) is 0 Å². The molecule has 0 bridgehead atoms. The molecule has 4 N–H and O–H groups in total. The third kappa shape index (κ3) is 4.58. The van der Waals surface area contributed by atoms with Crippen LogP contribution < -0.4 is 16.0 Å². The lowest BCUT2D eigenvalue weighted by atomic mass is 10.2. The normalized spacial score (nSPS) is 10.3. The van der Waals surface area contributed by atoms with Crippen molar-refractivity contribution >= 4 is 40.7 Å². The predicted molar refractivity (Wildman–Crippen MR) is 106 cm³/mol. The molecule has 8 nitrogen and oxygen atoms in total. The summed E-state index contributed by atoms with van der Waals surface area (Å²) in [5, 5.41) is 7.65. The summed E-state index contributed by atoms with van der Waals surface area (Å²) in [4.78, 5) is 42.8. The Hall–Kier alpha value is -3.72. The van der Waals surface area contributed by atoms with Gasteiger partial charge in [-0.15, -0.1) is 0 Å². The Kier molecular flexibility index (Phi) is 5.89. The first kappa shape index (κ1) is 20.0. The number of amides is 3. The van der Waals surface area contributed by atoms with E-state index in [-0.39, 0.29) is 22.0 Å². The van der Waals surface area contributed by atoms with Crippen LogP contribution in [-0.4, -0.2) is 34.7 Å². The molecule has 0 saturated carbocycles. The molecule has 3 amide bonds. The molecular formula is C19H15ClFN5O3. The van der Waals surface area contributed by atoms with Gasteiger partial charge in [0.15, 0.2) is 5.69 Å². The number of imidazole rings is 1. The SMILES string of the molecule is CNC(=O)c1[nH]cnc1C(=O)Nc1ccc(NC(=O)c2ccc(F)cc2Cl)cc1. The fourth-order valence-corrected chi connectivity index (χ4v) is 2.72. The molecular weight excluding hydrogens is 401 g/mol. The number of aromatic nitrogens is 2. The van der Waals surface area contributed by atoms with Crippen molar-refractivity contribution in [2.45, 2.75) is 0 Å². The van der Waals surface area contributed by atoms with Crippen LogP contribution in [0.5, 0.6) is 0 Å². The first-order valence-electron chi connectivity index (χ1n) is 8.32. The molecule has 148 valence electrons. The number of carbonyl (C=O) groups excluding carboxylic acids is 3. The summed E-state index contributed by atoms with van der Waals surface area (Å²) in [7, 11) is 1.44. The Morgan fingerprint density at radius 2 is 1.59 bits per heavy atom. The number of rotatable bonds is 5. The number of nitrogens with zero attached hydrogens (tertiary/aromatic N) is 1. The number of anilines is 2. The highest BCUT2D eigenvalue weighted by Gasteiger charge is 2.19. The van der Waals surface area contributed by atoms with Gasteiger partial charge in [-0.3, -0.25) is 14.4 Å². The highest BCUT2D eigenvalue weighted by atomic mass is 35.5. The Morgan fingerprint density at radius 3 is 2.17 bits per heavy atom. The van der Waals surface area contributed by atoms with Crippen molar-refractivity contribution in [3.05, 3.63) is 76.6 Å². The second kappa shape index (κ2) is 8.53. The van der Waals surface area contributed by atoms with Crippen LogP contribution in [0.3, 0.4) is 0 Å². The van der Waals surface area contributed by atoms with Gasteiger partial charge in [-0.25, -0.2) is 9.37 Å². The quantitative estimate of drug-likeness (QED) is 0.512. The molecule has 0 aliphatic carbocycles. The van der Waals surface area contributed by atoms with Gasteiger partial charge in [-0.05, 0) is 42.5 Å². The minimum atomic E-state index is -0.570. The van der Waals surface area contributed by atoms with Gasteiger partial charge in [-0.2, -0.15) is 0 Å². The topological polar surface area (TPSA) is 116 Å². The van der Waals surface area contributed by atoms with Gasteiger partial charge in [0.2, 0.25) is 0 Å². The van der Waals surface area contributed by atoms with Crippen molar-refractivity contribution in [3.8, 4) is 0 Å².